The first kappa shape index (κ1) is 21.0. The third-order valence-corrected chi connectivity index (χ3v) is 8.64. The van der Waals surface area contributed by atoms with Gasteiger partial charge in [-0.3, -0.25) is 9.59 Å². The second kappa shape index (κ2) is 6.88. The molecule has 1 N–H and O–H groups in total. The van der Waals surface area contributed by atoms with E-state index in [1.807, 2.05) is 6.08 Å². The van der Waals surface area contributed by atoms with E-state index in [0.717, 1.165) is 32.0 Å². The average Bonchev–Trinajstić information content (AvgIpc) is 3.12. The lowest BCUT2D eigenvalue weighted by molar-refractivity contribution is -0.120. The summed E-state index contributed by atoms with van der Waals surface area (Å²) in [4.78, 5) is 24.6. The lowest BCUT2D eigenvalue weighted by Crippen LogP contribution is -2.46. The summed E-state index contributed by atoms with van der Waals surface area (Å²) in [6.45, 7) is 10.6. The highest BCUT2D eigenvalue weighted by Gasteiger charge is 2.63. The topological polar surface area (TPSA) is 63.6 Å². The number of aliphatic hydroxyl groups is 1. The number of Topliss-reactive ketones (excluding diaryl/α,β-unsaturated/α-hetero) is 1. The molecule has 0 radical (unpaired) electrons. The van der Waals surface area contributed by atoms with Gasteiger partial charge in [0, 0.05) is 18.3 Å². The van der Waals surface area contributed by atoms with Crippen LogP contribution in [0.25, 0.3) is 0 Å². The Kier molecular flexibility index (Phi) is 4.98. The van der Waals surface area contributed by atoms with Crippen molar-refractivity contribution in [2.75, 3.05) is 0 Å². The van der Waals surface area contributed by atoms with Gasteiger partial charge in [0.05, 0.1) is 17.3 Å². The number of fused-ring (bicyclic) bond motifs is 3. The van der Waals surface area contributed by atoms with Gasteiger partial charge in [-0.2, -0.15) is 0 Å². The highest BCUT2D eigenvalue weighted by molar-refractivity contribution is 5.88. The Morgan fingerprint density at radius 2 is 2.00 bits per heavy atom. The number of ketones is 1. The van der Waals surface area contributed by atoms with E-state index in [4.69, 9.17) is 4.74 Å². The fraction of sp³-hybridized carbons (Fsp3) is 0.760. The molecular formula is C25H36O4. The van der Waals surface area contributed by atoms with E-state index in [1.165, 1.54) is 5.57 Å². The Morgan fingerprint density at radius 3 is 2.66 bits per heavy atom. The van der Waals surface area contributed by atoms with Crippen molar-refractivity contribution in [3.8, 4) is 0 Å². The summed E-state index contributed by atoms with van der Waals surface area (Å²) in [6, 6.07) is 0. The van der Waals surface area contributed by atoms with Gasteiger partial charge >= 0.3 is 0 Å². The molecule has 4 aliphatic rings. The van der Waals surface area contributed by atoms with Crippen molar-refractivity contribution in [3.63, 3.8) is 0 Å². The van der Waals surface area contributed by atoms with Gasteiger partial charge in [0.25, 0.3) is 0 Å². The van der Waals surface area contributed by atoms with Crippen LogP contribution < -0.4 is 0 Å². The maximum Gasteiger partial charge on any atom is 0.145 e. The minimum absolute atomic E-state index is 0.0475. The molecule has 1 aliphatic heterocycles. The van der Waals surface area contributed by atoms with Crippen LogP contribution in [0, 0.1) is 29.1 Å². The number of hydrogen-bond acceptors (Lipinski definition) is 4. The van der Waals surface area contributed by atoms with Gasteiger partial charge < -0.3 is 9.84 Å². The summed E-state index contributed by atoms with van der Waals surface area (Å²) in [6.07, 6.45) is 9.87. The molecule has 3 fully saturated rings. The molecule has 1 heterocycles. The molecule has 0 aromatic carbocycles. The van der Waals surface area contributed by atoms with Crippen molar-refractivity contribution in [1.82, 2.24) is 0 Å². The SMILES string of the molecule is CC(C)=CC1CC(C)C2(CCC3(C)CC4C(C=C(C=O)CC32)C(=O)CC4(C)O)O1. The van der Waals surface area contributed by atoms with Crippen molar-refractivity contribution >= 4 is 12.1 Å². The summed E-state index contributed by atoms with van der Waals surface area (Å²) < 4.78 is 6.79. The first-order valence-corrected chi connectivity index (χ1v) is 11.2. The van der Waals surface area contributed by atoms with Crippen LogP contribution in [0.2, 0.25) is 0 Å². The minimum atomic E-state index is -1.00. The van der Waals surface area contributed by atoms with Crippen LogP contribution in [0.3, 0.4) is 0 Å². The van der Waals surface area contributed by atoms with Crippen LogP contribution in [0.5, 0.6) is 0 Å². The zero-order chi connectivity index (χ0) is 21.2. The quantitative estimate of drug-likeness (QED) is 0.551. The second-order valence-electron chi connectivity index (χ2n) is 11.1. The van der Waals surface area contributed by atoms with Crippen LogP contribution >= 0.6 is 0 Å². The molecule has 4 heteroatoms. The number of allylic oxidation sites excluding steroid dienone is 3. The average molecular weight is 401 g/mol. The van der Waals surface area contributed by atoms with Gasteiger partial charge in [-0.15, -0.1) is 0 Å². The zero-order valence-electron chi connectivity index (χ0n) is 18.5. The van der Waals surface area contributed by atoms with Crippen molar-refractivity contribution in [2.24, 2.45) is 29.1 Å². The molecule has 4 nitrogen and oxygen atoms in total. The van der Waals surface area contributed by atoms with Crippen LogP contribution in [0.1, 0.15) is 73.1 Å². The summed E-state index contributed by atoms with van der Waals surface area (Å²) in [7, 11) is 0. The maximum atomic E-state index is 12.6. The van der Waals surface area contributed by atoms with E-state index in [0.29, 0.717) is 17.9 Å². The fourth-order valence-electron chi connectivity index (χ4n) is 7.17. The Hall–Kier alpha value is -1.26. The van der Waals surface area contributed by atoms with Gasteiger partial charge in [-0.05, 0) is 75.7 Å². The predicted molar refractivity (Wildman–Crippen MR) is 112 cm³/mol. The molecule has 0 aromatic rings. The number of rotatable bonds is 2. The molecule has 1 spiro atoms. The number of aldehydes is 1. The number of hydrogen-bond donors (Lipinski definition) is 1. The molecule has 160 valence electrons. The highest BCUT2D eigenvalue weighted by Crippen LogP contribution is 2.64. The van der Waals surface area contributed by atoms with E-state index in [1.54, 1.807) is 6.92 Å². The third-order valence-electron chi connectivity index (χ3n) is 8.64. The van der Waals surface area contributed by atoms with E-state index in [2.05, 4.69) is 33.8 Å². The second-order valence-corrected chi connectivity index (χ2v) is 11.1. The molecule has 29 heavy (non-hydrogen) atoms. The first-order chi connectivity index (χ1) is 13.5. The van der Waals surface area contributed by atoms with Gasteiger partial charge in [0.15, 0.2) is 0 Å². The molecule has 0 amide bonds. The summed E-state index contributed by atoms with van der Waals surface area (Å²) in [5.74, 6) is 0.259. The molecule has 3 aliphatic carbocycles. The normalized spacial score (nSPS) is 49.2. The Morgan fingerprint density at radius 1 is 1.28 bits per heavy atom. The molecule has 8 atom stereocenters. The van der Waals surface area contributed by atoms with E-state index >= 15 is 0 Å². The maximum absolute atomic E-state index is 12.6. The highest BCUT2D eigenvalue weighted by atomic mass is 16.5. The fourth-order valence-corrected chi connectivity index (χ4v) is 7.17. The molecule has 4 rings (SSSR count). The number of ether oxygens (including phenoxy) is 1. The summed E-state index contributed by atoms with van der Waals surface area (Å²) >= 11 is 0. The van der Waals surface area contributed by atoms with Crippen molar-refractivity contribution in [1.29, 1.82) is 0 Å². The third kappa shape index (κ3) is 3.27. The number of carbonyl (C=O) groups is 2. The summed E-state index contributed by atoms with van der Waals surface area (Å²) in [5.41, 5.74) is 0.710. The van der Waals surface area contributed by atoms with E-state index in [-0.39, 0.29) is 47.1 Å². The van der Waals surface area contributed by atoms with E-state index in [9.17, 15) is 14.7 Å². The van der Waals surface area contributed by atoms with Crippen LogP contribution in [-0.4, -0.2) is 34.5 Å². The monoisotopic (exact) mass is 400 g/mol. The molecule has 8 unspecified atom stereocenters. The molecule has 0 bridgehead atoms. The standard InChI is InChI=1S/C25H36O4/c1-15(2)8-18-9-16(3)25(29-18)7-6-23(4)12-20-19(21(27)13-24(20,5)28)10-17(14-26)11-22(23)25/h8,10,14,16,18-20,22,28H,6-7,9,11-13H2,1-5H3. The van der Waals surface area contributed by atoms with Crippen molar-refractivity contribution < 1.29 is 19.4 Å². The van der Waals surface area contributed by atoms with Crippen LogP contribution in [0.15, 0.2) is 23.3 Å². The van der Waals surface area contributed by atoms with Crippen molar-refractivity contribution in [2.45, 2.75) is 90.4 Å². The Labute approximate surface area is 174 Å². The number of carbonyl (C=O) groups excluding carboxylic acids is 2. The zero-order valence-corrected chi connectivity index (χ0v) is 18.5. The largest absolute Gasteiger partial charge is 0.389 e. The van der Waals surface area contributed by atoms with Crippen LogP contribution in [0.4, 0.5) is 0 Å². The lowest BCUT2D eigenvalue weighted by Gasteiger charge is -2.45. The molecule has 2 saturated carbocycles. The van der Waals surface area contributed by atoms with Gasteiger partial charge in [-0.25, -0.2) is 0 Å². The minimum Gasteiger partial charge on any atom is -0.389 e. The molecule has 0 aromatic heterocycles. The van der Waals surface area contributed by atoms with Gasteiger partial charge in [0.1, 0.15) is 12.1 Å². The Balaban J connectivity index is 1.75. The predicted octanol–water partition coefficient (Wildman–Crippen LogP) is 4.41. The van der Waals surface area contributed by atoms with Crippen LogP contribution in [-0.2, 0) is 14.3 Å². The van der Waals surface area contributed by atoms with E-state index < -0.39 is 5.60 Å². The molecular weight excluding hydrogens is 364 g/mol. The molecule has 1 saturated heterocycles. The van der Waals surface area contributed by atoms with Gasteiger partial charge in [-0.1, -0.05) is 31.6 Å². The lowest BCUT2D eigenvalue weighted by atomic mass is 9.62. The van der Waals surface area contributed by atoms with Gasteiger partial charge in [0.2, 0.25) is 0 Å². The Bertz CT molecular complexity index is 774. The van der Waals surface area contributed by atoms with Crippen molar-refractivity contribution in [3.05, 3.63) is 23.3 Å². The smallest absolute Gasteiger partial charge is 0.145 e. The summed E-state index contributed by atoms with van der Waals surface area (Å²) in [5, 5.41) is 11.0. The first-order valence-electron chi connectivity index (χ1n) is 11.2.